The summed E-state index contributed by atoms with van der Waals surface area (Å²) in [5.41, 5.74) is 0. The van der Waals surface area contributed by atoms with E-state index in [0.717, 1.165) is 31.8 Å². The minimum absolute atomic E-state index is 0.362. The molecule has 0 radical (unpaired) electrons. The van der Waals surface area contributed by atoms with Crippen molar-refractivity contribution in [3.63, 3.8) is 0 Å². The van der Waals surface area contributed by atoms with Gasteiger partial charge in [-0.05, 0) is 26.3 Å². The third-order valence-electron chi connectivity index (χ3n) is 4.92. The van der Waals surface area contributed by atoms with E-state index in [-0.39, 0.29) is 0 Å². The number of likely N-dealkylation sites (tertiary alicyclic amines) is 1. The predicted molar refractivity (Wildman–Crippen MR) is 79.5 cm³/mol. The first-order valence-corrected chi connectivity index (χ1v) is 8.70. The molecule has 2 bridgehead atoms. The van der Waals surface area contributed by atoms with Crippen LogP contribution in [0, 0.1) is 0 Å². The molecule has 3 rings (SSSR count). The standard InChI is InChI=1S/C14H25N3OS/c1-16-12-2-3-13(16)9-17(6-4-12)14(18)8-11-10-19-7-5-15-11/h11-13,15H,2-10H2,1H3. The molecule has 3 aliphatic heterocycles. The quantitative estimate of drug-likeness (QED) is 0.812. The van der Waals surface area contributed by atoms with Gasteiger partial charge >= 0.3 is 0 Å². The zero-order valence-corrected chi connectivity index (χ0v) is 12.6. The van der Waals surface area contributed by atoms with Crippen molar-refractivity contribution >= 4 is 17.7 Å². The van der Waals surface area contributed by atoms with Gasteiger partial charge in [0.15, 0.2) is 0 Å². The molecule has 1 amide bonds. The normalized spacial score (nSPS) is 36.3. The predicted octanol–water partition coefficient (Wildman–Crippen LogP) is 0.777. The molecule has 1 N–H and O–H groups in total. The average Bonchev–Trinajstić information content (AvgIpc) is 2.64. The molecule has 0 aromatic carbocycles. The van der Waals surface area contributed by atoms with Gasteiger partial charge in [-0.15, -0.1) is 0 Å². The van der Waals surface area contributed by atoms with E-state index in [9.17, 15) is 4.79 Å². The second kappa shape index (κ2) is 6.02. The third-order valence-corrected chi connectivity index (χ3v) is 6.05. The summed E-state index contributed by atoms with van der Waals surface area (Å²) in [4.78, 5) is 17.1. The van der Waals surface area contributed by atoms with Crippen LogP contribution in [0.3, 0.4) is 0 Å². The number of rotatable bonds is 2. The lowest BCUT2D eigenvalue weighted by molar-refractivity contribution is -0.132. The maximum atomic E-state index is 12.5. The second-order valence-electron chi connectivity index (χ2n) is 6.11. The van der Waals surface area contributed by atoms with Gasteiger partial charge in [0.25, 0.3) is 0 Å². The molecule has 5 heteroatoms. The van der Waals surface area contributed by atoms with E-state index in [4.69, 9.17) is 0 Å². The first-order chi connectivity index (χ1) is 9.24. The van der Waals surface area contributed by atoms with Gasteiger partial charge in [-0.1, -0.05) is 0 Å². The molecule has 3 heterocycles. The summed E-state index contributed by atoms with van der Waals surface area (Å²) in [5, 5.41) is 3.47. The van der Waals surface area contributed by atoms with Crippen LogP contribution in [0.4, 0.5) is 0 Å². The van der Waals surface area contributed by atoms with Crippen LogP contribution in [0.2, 0.25) is 0 Å². The van der Waals surface area contributed by atoms with Gasteiger partial charge < -0.3 is 10.2 Å². The van der Waals surface area contributed by atoms with E-state index in [1.807, 2.05) is 11.8 Å². The molecule has 4 nitrogen and oxygen atoms in total. The summed E-state index contributed by atoms with van der Waals surface area (Å²) >= 11 is 1.97. The fraction of sp³-hybridized carbons (Fsp3) is 0.929. The number of amides is 1. The molecule has 3 aliphatic rings. The fourth-order valence-corrected chi connectivity index (χ4v) is 4.58. The summed E-state index contributed by atoms with van der Waals surface area (Å²) in [6.07, 6.45) is 4.44. The number of fused-ring (bicyclic) bond motifs is 2. The van der Waals surface area contributed by atoms with Crippen molar-refractivity contribution in [1.82, 2.24) is 15.1 Å². The number of hydrogen-bond acceptors (Lipinski definition) is 4. The Morgan fingerprint density at radius 1 is 1.32 bits per heavy atom. The van der Waals surface area contributed by atoms with Gasteiger partial charge in [-0.2, -0.15) is 11.8 Å². The highest BCUT2D eigenvalue weighted by molar-refractivity contribution is 7.99. The largest absolute Gasteiger partial charge is 0.341 e. The summed E-state index contributed by atoms with van der Waals surface area (Å²) in [7, 11) is 2.23. The molecule has 3 saturated heterocycles. The molecule has 3 unspecified atom stereocenters. The maximum Gasteiger partial charge on any atom is 0.224 e. The highest BCUT2D eigenvalue weighted by Crippen LogP contribution is 2.28. The zero-order chi connectivity index (χ0) is 13.2. The molecule has 0 spiro atoms. The molecule has 3 atom stereocenters. The van der Waals surface area contributed by atoms with Crippen molar-refractivity contribution in [2.45, 2.75) is 43.8 Å². The van der Waals surface area contributed by atoms with Gasteiger partial charge in [-0.3, -0.25) is 9.69 Å². The Balaban J connectivity index is 1.55. The van der Waals surface area contributed by atoms with E-state index in [1.165, 1.54) is 18.6 Å². The minimum Gasteiger partial charge on any atom is -0.341 e. The number of thioether (sulfide) groups is 1. The summed E-state index contributed by atoms with van der Waals surface area (Å²) in [5.74, 6) is 2.63. The molecule has 0 aliphatic carbocycles. The highest BCUT2D eigenvalue weighted by atomic mass is 32.2. The van der Waals surface area contributed by atoms with E-state index in [2.05, 4.69) is 22.2 Å². The zero-order valence-electron chi connectivity index (χ0n) is 11.8. The molecular formula is C14H25N3OS. The smallest absolute Gasteiger partial charge is 0.224 e. The van der Waals surface area contributed by atoms with Gasteiger partial charge in [0.05, 0.1) is 0 Å². The molecular weight excluding hydrogens is 258 g/mol. The number of hydrogen-bond donors (Lipinski definition) is 1. The van der Waals surface area contributed by atoms with E-state index < -0.39 is 0 Å². The third kappa shape index (κ3) is 3.09. The number of nitrogens with one attached hydrogen (secondary N) is 1. The molecule has 0 saturated carbocycles. The lowest BCUT2D eigenvalue weighted by atomic mass is 10.1. The van der Waals surface area contributed by atoms with Gasteiger partial charge in [-0.25, -0.2) is 0 Å². The fourth-order valence-electron chi connectivity index (χ4n) is 3.63. The van der Waals surface area contributed by atoms with Crippen LogP contribution in [-0.4, -0.2) is 72.0 Å². The van der Waals surface area contributed by atoms with Crippen molar-refractivity contribution in [3.8, 4) is 0 Å². The number of carbonyl (C=O) groups excluding carboxylic acids is 1. The van der Waals surface area contributed by atoms with Crippen LogP contribution < -0.4 is 5.32 Å². The minimum atomic E-state index is 0.362. The topological polar surface area (TPSA) is 35.6 Å². The first-order valence-electron chi connectivity index (χ1n) is 7.55. The van der Waals surface area contributed by atoms with Crippen LogP contribution in [-0.2, 0) is 4.79 Å². The molecule has 3 fully saturated rings. The van der Waals surface area contributed by atoms with Gasteiger partial charge in [0.1, 0.15) is 0 Å². The Morgan fingerprint density at radius 2 is 2.16 bits per heavy atom. The highest BCUT2D eigenvalue weighted by Gasteiger charge is 2.36. The Labute approximate surface area is 120 Å². The van der Waals surface area contributed by atoms with Crippen molar-refractivity contribution in [1.29, 1.82) is 0 Å². The van der Waals surface area contributed by atoms with Crippen molar-refractivity contribution in [3.05, 3.63) is 0 Å². The molecule has 0 aromatic rings. The van der Waals surface area contributed by atoms with E-state index in [0.29, 0.717) is 30.5 Å². The van der Waals surface area contributed by atoms with E-state index >= 15 is 0 Å². The number of likely N-dealkylation sites (N-methyl/N-ethyl adjacent to an activating group) is 1. The summed E-state index contributed by atoms with van der Waals surface area (Å²) in [6.45, 7) is 2.96. The van der Waals surface area contributed by atoms with Crippen LogP contribution in [0.5, 0.6) is 0 Å². The molecule has 0 aromatic heterocycles. The molecule has 19 heavy (non-hydrogen) atoms. The lowest BCUT2D eigenvalue weighted by Gasteiger charge is -2.29. The average molecular weight is 283 g/mol. The molecule has 108 valence electrons. The van der Waals surface area contributed by atoms with Crippen LogP contribution in [0.15, 0.2) is 0 Å². The van der Waals surface area contributed by atoms with Gasteiger partial charge in [0.2, 0.25) is 5.91 Å². The lowest BCUT2D eigenvalue weighted by Crippen LogP contribution is -2.45. The van der Waals surface area contributed by atoms with Crippen molar-refractivity contribution < 1.29 is 4.79 Å². The number of nitrogens with zero attached hydrogens (tertiary/aromatic N) is 2. The second-order valence-corrected chi connectivity index (χ2v) is 7.26. The van der Waals surface area contributed by atoms with Crippen LogP contribution in [0.25, 0.3) is 0 Å². The summed E-state index contributed by atoms with van der Waals surface area (Å²) in [6, 6.07) is 1.71. The monoisotopic (exact) mass is 283 g/mol. The van der Waals surface area contributed by atoms with E-state index in [1.54, 1.807) is 0 Å². The van der Waals surface area contributed by atoms with Crippen LogP contribution >= 0.6 is 11.8 Å². The maximum absolute atomic E-state index is 12.5. The summed E-state index contributed by atoms with van der Waals surface area (Å²) < 4.78 is 0. The van der Waals surface area contributed by atoms with Crippen LogP contribution in [0.1, 0.15) is 25.7 Å². The van der Waals surface area contributed by atoms with Gasteiger partial charge in [0, 0.05) is 55.7 Å². The Morgan fingerprint density at radius 3 is 2.95 bits per heavy atom. The van der Waals surface area contributed by atoms with Crippen molar-refractivity contribution in [2.75, 3.05) is 38.2 Å². The number of carbonyl (C=O) groups is 1. The SMILES string of the molecule is CN1C2CCC1CN(C(=O)CC1CSCCN1)CC2. The Hall–Kier alpha value is -0.260. The Kier molecular flexibility index (Phi) is 4.34. The Bertz CT molecular complexity index is 333. The first kappa shape index (κ1) is 13.7. The van der Waals surface area contributed by atoms with Crippen molar-refractivity contribution in [2.24, 2.45) is 0 Å².